The summed E-state index contributed by atoms with van der Waals surface area (Å²) in [6, 6.07) is 11.7. The van der Waals surface area contributed by atoms with Crippen molar-refractivity contribution in [3.05, 3.63) is 48.2 Å². The van der Waals surface area contributed by atoms with Gasteiger partial charge in [0, 0.05) is 36.2 Å². The number of hydrogen-bond donors (Lipinski definition) is 2. The molecule has 1 amide bonds. The largest absolute Gasteiger partial charge is 0.383 e. The molecule has 5 rings (SSSR count). The molecule has 1 aromatic carbocycles. The van der Waals surface area contributed by atoms with Crippen molar-refractivity contribution < 1.29 is 13.2 Å². The molecule has 8 nitrogen and oxygen atoms in total. The molecular weight excluding hydrogens is 426 g/mol. The van der Waals surface area contributed by atoms with E-state index >= 15 is 0 Å². The number of nitrogens with two attached hydrogens (primary N) is 1. The number of amides is 1. The van der Waals surface area contributed by atoms with Gasteiger partial charge in [0.05, 0.1) is 11.9 Å². The zero-order valence-corrected chi connectivity index (χ0v) is 18.8. The summed E-state index contributed by atoms with van der Waals surface area (Å²) in [5.41, 5.74) is 8.81. The van der Waals surface area contributed by atoms with Crippen molar-refractivity contribution in [3.8, 4) is 11.3 Å². The molecule has 1 spiro atoms. The molecule has 0 bridgehead atoms. The van der Waals surface area contributed by atoms with Crippen molar-refractivity contribution in [2.45, 2.75) is 19.8 Å². The Hall–Kier alpha value is -3.04. The number of aromatic nitrogens is 2. The summed E-state index contributed by atoms with van der Waals surface area (Å²) in [5, 5.41) is 4.48. The second kappa shape index (κ2) is 7.25. The number of nitrogen functional groups attached to an aromatic ring is 1. The number of hydrogen-bond acceptors (Lipinski definition) is 6. The number of carbonyl (C=O) groups excluding carboxylic acids is 1. The summed E-state index contributed by atoms with van der Waals surface area (Å²) in [4.78, 5) is 21.8. The lowest BCUT2D eigenvalue weighted by atomic mass is 10.0. The number of nitrogens with zero attached hydrogens (tertiary/aromatic N) is 3. The van der Waals surface area contributed by atoms with E-state index in [1.165, 1.54) is 10.6 Å². The van der Waals surface area contributed by atoms with Crippen LogP contribution < -0.4 is 11.1 Å². The fourth-order valence-corrected chi connectivity index (χ4v) is 5.68. The number of carbonyl (C=O) groups is 1. The number of nitrogens with one attached hydrogen (secondary N) is 1. The Bertz CT molecular complexity index is 1360. The van der Waals surface area contributed by atoms with E-state index in [4.69, 9.17) is 5.73 Å². The van der Waals surface area contributed by atoms with E-state index in [2.05, 4.69) is 15.3 Å². The molecule has 0 radical (unpaired) electrons. The standard InChI is InChI=1S/C23H25N5O3S/c1-14-5-3-4-6-16(14)19-9-15-10-20(25-12-17(15)21(24)26-19)27-22(29)18-11-23(18)7-8-28(13-23)32(2,30)31/h3-6,9-10,12,18H,7-8,11,13H2,1-2H3,(H2,24,26)(H,25,27,29)/t18-,23+/m1/s1. The van der Waals surface area contributed by atoms with Gasteiger partial charge in [-0.2, -0.15) is 0 Å². The van der Waals surface area contributed by atoms with Crippen LogP contribution in [0.3, 0.4) is 0 Å². The molecule has 9 heteroatoms. The number of benzene rings is 1. The summed E-state index contributed by atoms with van der Waals surface area (Å²) in [7, 11) is -3.23. The van der Waals surface area contributed by atoms with E-state index in [9.17, 15) is 13.2 Å². The molecule has 2 aliphatic rings. The average molecular weight is 452 g/mol. The summed E-state index contributed by atoms with van der Waals surface area (Å²) < 4.78 is 25.1. The van der Waals surface area contributed by atoms with Gasteiger partial charge in [0.25, 0.3) is 0 Å². The minimum absolute atomic E-state index is 0.117. The van der Waals surface area contributed by atoms with E-state index in [1.54, 1.807) is 12.3 Å². The number of pyridine rings is 2. The van der Waals surface area contributed by atoms with Gasteiger partial charge in [0.15, 0.2) is 0 Å². The zero-order valence-electron chi connectivity index (χ0n) is 18.0. The highest BCUT2D eigenvalue weighted by atomic mass is 32.2. The van der Waals surface area contributed by atoms with Crippen LogP contribution in [0, 0.1) is 18.3 Å². The van der Waals surface area contributed by atoms with Crippen molar-refractivity contribution in [2.75, 3.05) is 30.4 Å². The van der Waals surface area contributed by atoms with Gasteiger partial charge < -0.3 is 11.1 Å². The molecule has 32 heavy (non-hydrogen) atoms. The van der Waals surface area contributed by atoms with Crippen LogP contribution in [0.1, 0.15) is 18.4 Å². The number of fused-ring (bicyclic) bond motifs is 1. The normalized spacial score (nSPS) is 23.0. The Morgan fingerprint density at radius 3 is 2.78 bits per heavy atom. The number of aryl methyl sites for hydroxylation is 1. The maximum atomic E-state index is 12.9. The Kier molecular flexibility index (Phi) is 4.72. The monoisotopic (exact) mass is 451 g/mol. The van der Waals surface area contributed by atoms with Gasteiger partial charge >= 0.3 is 0 Å². The lowest BCUT2D eigenvalue weighted by Crippen LogP contribution is -2.28. The fourth-order valence-electron chi connectivity index (χ4n) is 4.76. The number of rotatable bonds is 4. The highest BCUT2D eigenvalue weighted by Gasteiger charge is 2.61. The van der Waals surface area contributed by atoms with Crippen LogP contribution in [0.4, 0.5) is 11.6 Å². The first-order chi connectivity index (χ1) is 15.2. The van der Waals surface area contributed by atoms with Crippen molar-refractivity contribution >= 4 is 38.3 Å². The zero-order chi connectivity index (χ0) is 22.7. The van der Waals surface area contributed by atoms with Gasteiger partial charge in [0.2, 0.25) is 15.9 Å². The van der Waals surface area contributed by atoms with Crippen LogP contribution in [-0.4, -0.2) is 47.9 Å². The van der Waals surface area contributed by atoms with Gasteiger partial charge in [-0.25, -0.2) is 22.7 Å². The van der Waals surface area contributed by atoms with E-state index in [-0.39, 0.29) is 17.2 Å². The third-order valence-electron chi connectivity index (χ3n) is 6.74. The molecule has 1 aliphatic heterocycles. The molecule has 1 aliphatic carbocycles. The molecule has 3 heterocycles. The SMILES string of the molecule is Cc1ccccc1-c1cc2cc(NC(=O)[C@H]3C[C@]34CCN(S(C)(=O)=O)C4)ncc2c(N)n1. The molecule has 3 aromatic rings. The maximum absolute atomic E-state index is 12.9. The summed E-state index contributed by atoms with van der Waals surface area (Å²) in [6.07, 6.45) is 4.25. The minimum atomic E-state index is -3.23. The molecule has 1 saturated carbocycles. The van der Waals surface area contributed by atoms with Crippen LogP contribution in [0.5, 0.6) is 0 Å². The quantitative estimate of drug-likeness (QED) is 0.630. The lowest BCUT2D eigenvalue weighted by molar-refractivity contribution is -0.118. The predicted molar refractivity (Wildman–Crippen MR) is 124 cm³/mol. The molecule has 3 N–H and O–H groups in total. The van der Waals surface area contributed by atoms with Gasteiger partial charge in [-0.1, -0.05) is 24.3 Å². The van der Waals surface area contributed by atoms with Crippen molar-refractivity contribution in [2.24, 2.45) is 11.3 Å². The fraction of sp³-hybridized carbons (Fsp3) is 0.348. The van der Waals surface area contributed by atoms with Gasteiger partial charge in [-0.15, -0.1) is 0 Å². The van der Waals surface area contributed by atoms with Crippen LogP contribution in [0.2, 0.25) is 0 Å². The Labute approximate surface area is 186 Å². The van der Waals surface area contributed by atoms with E-state index < -0.39 is 10.0 Å². The highest BCUT2D eigenvalue weighted by molar-refractivity contribution is 7.88. The second-order valence-electron chi connectivity index (χ2n) is 8.95. The Morgan fingerprint density at radius 2 is 2.06 bits per heavy atom. The number of sulfonamides is 1. The number of anilines is 2. The first-order valence-electron chi connectivity index (χ1n) is 10.5. The van der Waals surface area contributed by atoms with Crippen molar-refractivity contribution in [1.82, 2.24) is 14.3 Å². The molecule has 0 unspecified atom stereocenters. The highest BCUT2D eigenvalue weighted by Crippen LogP contribution is 2.59. The van der Waals surface area contributed by atoms with Gasteiger partial charge in [-0.05, 0) is 48.3 Å². The van der Waals surface area contributed by atoms with Gasteiger partial charge in [0.1, 0.15) is 11.6 Å². The predicted octanol–water partition coefficient (Wildman–Crippen LogP) is 2.80. The van der Waals surface area contributed by atoms with Crippen molar-refractivity contribution in [1.29, 1.82) is 0 Å². The van der Waals surface area contributed by atoms with E-state index in [1.807, 2.05) is 37.3 Å². The summed E-state index contributed by atoms with van der Waals surface area (Å²) >= 11 is 0. The second-order valence-corrected chi connectivity index (χ2v) is 10.9. The first-order valence-corrected chi connectivity index (χ1v) is 12.4. The maximum Gasteiger partial charge on any atom is 0.229 e. The Morgan fingerprint density at radius 1 is 1.28 bits per heavy atom. The van der Waals surface area contributed by atoms with Crippen LogP contribution in [-0.2, 0) is 14.8 Å². The summed E-state index contributed by atoms with van der Waals surface area (Å²) in [6.45, 7) is 2.91. The molecule has 2 aromatic heterocycles. The van der Waals surface area contributed by atoms with E-state index in [0.717, 1.165) is 27.6 Å². The molecule has 1 saturated heterocycles. The average Bonchev–Trinajstić information content (AvgIpc) is 3.26. The molecule has 166 valence electrons. The minimum Gasteiger partial charge on any atom is -0.383 e. The van der Waals surface area contributed by atoms with E-state index in [0.29, 0.717) is 37.6 Å². The Balaban J connectivity index is 1.38. The summed E-state index contributed by atoms with van der Waals surface area (Å²) in [5.74, 6) is 0.521. The lowest BCUT2D eigenvalue weighted by Gasteiger charge is -2.13. The van der Waals surface area contributed by atoms with Crippen LogP contribution >= 0.6 is 0 Å². The van der Waals surface area contributed by atoms with Crippen LogP contribution in [0.25, 0.3) is 22.0 Å². The molecular formula is C23H25N5O3S. The van der Waals surface area contributed by atoms with Crippen molar-refractivity contribution in [3.63, 3.8) is 0 Å². The molecule has 2 atom stereocenters. The smallest absolute Gasteiger partial charge is 0.229 e. The third kappa shape index (κ3) is 3.61. The molecule has 2 fully saturated rings. The first kappa shape index (κ1) is 20.8. The van der Waals surface area contributed by atoms with Crippen LogP contribution in [0.15, 0.2) is 42.6 Å². The topological polar surface area (TPSA) is 118 Å². The van der Waals surface area contributed by atoms with Gasteiger partial charge in [-0.3, -0.25) is 4.79 Å². The third-order valence-corrected chi connectivity index (χ3v) is 7.99.